The summed E-state index contributed by atoms with van der Waals surface area (Å²) in [5, 5.41) is 6.25. The summed E-state index contributed by atoms with van der Waals surface area (Å²) in [6.07, 6.45) is 5.06. The van der Waals surface area contributed by atoms with E-state index in [9.17, 15) is 4.79 Å². The van der Waals surface area contributed by atoms with Gasteiger partial charge in [0.15, 0.2) is 0 Å². The van der Waals surface area contributed by atoms with E-state index in [0.29, 0.717) is 6.04 Å². The highest BCUT2D eigenvalue weighted by Gasteiger charge is 2.48. The van der Waals surface area contributed by atoms with Gasteiger partial charge in [0, 0.05) is 6.04 Å². The molecule has 2 unspecified atom stereocenters. The Hall–Kier alpha value is -0.570. The van der Waals surface area contributed by atoms with Crippen LogP contribution in [-0.2, 0) is 4.79 Å². The normalized spacial score (nSPS) is 42.3. The lowest BCUT2D eigenvalue weighted by Gasteiger charge is -2.26. The summed E-state index contributed by atoms with van der Waals surface area (Å²) in [5.74, 6) is 2.03. The first kappa shape index (κ1) is 7.80. The standard InChI is InChI=1S/C10H16N2O/c13-10(8-3-4-11-8)12-9-5-7(9)6-1-2-6/h6-9,11H,1-5H2,(H,12,13)/t7?,8-,9?/m1/s1. The first-order valence-electron chi connectivity index (χ1n) is 5.38. The molecule has 3 nitrogen and oxygen atoms in total. The molecule has 0 aromatic heterocycles. The summed E-state index contributed by atoms with van der Waals surface area (Å²) in [6, 6.07) is 0.655. The van der Waals surface area contributed by atoms with E-state index in [0.717, 1.165) is 24.8 Å². The third-order valence-electron chi connectivity index (χ3n) is 3.54. The zero-order valence-corrected chi connectivity index (χ0v) is 7.75. The Labute approximate surface area is 78.3 Å². The Kier molecular flexibility index (Phi) is 1.62. The summed E-state index contributed by atoms with van der Waals surface area (Å²) in [7, 11) is 0. The minimum atomic E-state index is 0.125. The molecule has 3 fully saturated rings. The van der Waals surface area contributed by atoms with E-state index in [1.165, 1.54) is 19.3 Å². The Bertz CT molecular complexity index is 233. The molecule has 2 aliphatic carbocycles. The summed E-state index contributed by atoms with van der Waals surface area (Å²) in [4.78, 5) is 11.5. The van der Waals surface area contributed by atoms with E-state index in [2.05, 4.69) is 10.6 Å². The first-order chi connectivity index (χ1) is 6.34. The molecule has 1 saturated heterocycles. The van der Waals surface area contributed by atoms with Crippen molar-refractivity contribution in [2.75, 3.05) is 6.54 Å². The van der Waals surface area contributed by atoms with Gasteiger partial charge >= 0.3 is 0 Å². The lowest BCUT2D eigenvalue weighted by Crippen LogP contribution is -2.53. The molecular weight excluding hydrogens is 164 g/mol. The molecule has 0 aromatic rings. The Morgan fingerprint density at radius 2 is 2.08 bits per heavy atom. The predicted molar refractivity (Wildman–Crippen MR) is 49.2 cm³/mol. The molecular formula is C10H16N2O. The number of hydrogen-bond donors (Lipinski definition) is 2. The van der Waals surface area contributed by atoms with Crippen LogP contribution in [0.1, 0.15) is 25.7 Å². The highest BCUT2D eigenvalue weighted by Crippen LogP contribution is 2.49. The molecule has 1 heterocycles. The summed E-state index contributed by atoms with van der Waals surface area (Å²) in [5.41, 5.74) is 0. The largest absolute Gasteiger partial charge is 0.352 e. The number of rotatable bonds is 3. The van der Waals surface area contributed by atoms with Crippen LogP contribution in [0.2, 0.25) is 0 Å². The van der Waals surface area contributed by atoms with Crippen molar-refractivity contribution < 1.29 is 4.79 Å². The van der Waals surface area contributed by atoms with Gasteiger partial charge in [0.25, 0.3) is 0 Å². The van der Waals surface area contributed by atoms with Crippen LogP contribution in [0.3, 0.4) is 0 Å². The molecule has 2 N–H and O–H groups in total. The molecule has 72 valence electrons. The van der Waals surface area contributed by atoms with Gasteiger partial charge in [0.05, 0.1) is 6.04 Å². The Morgan fingerprint density at radius 1 is 1.31 bits per heavy atom. The van der Waals surface area contributed by atoms with Crippen molar-refractivity contribution in [1.29, 1.82) is 0 Å². The molecule has 3 rings (SSSR count). The van der Waals surface area contributed by atoms with Crippen molar-refractivity contribution in [1.82, 2.24) is 10.6 Å². The highest BCUT2D eigenvalue weighted by molar-refractivity contribution is 5.83. The minimum absolute atomic E-state index is 0.125. The van der Waals surface area contributed by atoms with Gasteiger partial charge in [-0.15, -0.1) is 0 Å². The van der Waals surface area contributed by atoms with Crippen molar-refractivity contribution in [2.24, 2.45) is 11.8 Å². The Balaban J connectivity index is 1.45. The number of carbonyl (C=O) groups is 1. The molecule has 3 atom stereocenters. The van der Waals surface area contributed by atoms with Crippen LogP contribution >= 0.6 is 0 Å². The molecule has 0 bridgehead atoms. The highest BCUT2D eigenvalue weighted by atomic mass is 16.2. The third kappa shape index (κ3) is 1.46. The molecule has 13 heavy (non-hydrogen) atoms. The average Bonchev–Trinajstić information content (AvgIpc) is 2.72. The molecule has 0 aromatic carbocycles. The molecule has 0 spiro atoms. The van der Waals surface area contributed by atoms with Gasteiger partial charge in [-0.2, -0.15) is 0 Å². The van der Waals surface area contributed by atoms with Crippen LogP contribution in [0.4, 0.5) is 0 Å². The SMILES string of the molecule is O=C(NC1CC1C1CC1)[C@H]1CCN1. The molecule has 3 aliphatic rings. The van der Waals surface area contributed by atoms with E-state index in [1.54, 1.807) is 0 Å². The van der Waals surface area contributed by atoms with Gasteiger partial charge in [-0.05, 0) is 44.1 Å². The quantitative estimate of drug-likeness (QED) is 0.654. The maximum absolute atomic E-state index is 11.5. The number of nitrogens with one attached hydrogen (secondary N) is 2. The maximum atomic E-state index is 11.5. The first-order valence-corrected chi connectivity index (χ1v) is 5.38. The van der Waals surface area contributed by atoms with Gasteiger partial charge in [-0.25, -0.2) is 0 Å². The van der Waals surface area contributed by atoms with Crippen molar-refractivity contribution in [2.45, 2.75) is 37.8 Å². The maximum Gasteiger partial charge on any atom is 0.237 e. The fourth-order valence-electron chi connectivity index (χ4n) is 2.22. The van der Waals surface area contributed by atoms with Crippen molar-refractivity contribution >= 4 is 5.91 Å². The molecule has 0 radical (unpaired) electrons. The summed E-state index contributed by atoms with van der Waals surface area (Å²) in [6.45, 7) is 1.01. The van der Waals surface area contributed by atoms with E-state index in [-0.39, 0.29) is 11.9 Å². The Morgan fingerprint density at radius 3 is 2.62 bits per heavy atom. The van der Waals surface area contributed by atoms with Gasteiger partial charge in [-0.3, -0.25) is 4.79 Å². The topological polar surface area (TPSA) is 41.1 Å². The number of carbonyl (C=O) groups excluding carboxylic acids is 1. The molecule has 3 heteroatoms. The van der Waals surface area contributed by atoms with Gasteiger partial charge in [0.2, 0.25) is 5.91 Å². The number of hydrogen-bond acceptors (Lipinski definition) is 2. The average molecular weight is 180 g/mol. The van der Waals surface area contributed by atoms with Gasteiger partial charge in [-0.1, -0.05) is 0 Å². The van der Waals surface area contributed by atoms with Gasteiger partial charge < -0.3 is 10.6 Å². The van der Waals surface area contributed by atoms with Crippen LogP contribution in [0, 0.1) is 11.8 Å². The van der Waals surface area contributed by atoms with Crippen LogP contribution in [-0.4, -0.2) is 24.5 Å². The molecule has 1 aliphatic heterocycles. The predicted octanol–water partition coefficient (Wildman–Crippen LogP) is 0.263. The second-order valence-electron chi connectivity index (χ2n) is 4.65. The van der Waals surface area contributed by atoms with Crippen molar-refractivity contribution in [3.05, 3.63) is 0 Å². The molecule has 2 saturated carbocycles. The van der Waals surface area contributed by atoms with Gasteiger partial charge in [0.1, 0.15) is 0 Å². The summed E-state index contributed by atoms with van der Waals surface area (Å²) < 4.78 is 0. The number of amides is 1. The zero-order chi connectivity index (χ0) is 8.84. The van der Waals surface area contributed by atoms with E-state index in [4.69, 9.17) is 0 Å². The fraction of sp³-hybridized carbons (Fsp3) is 0.900. The third-order valence-corrected chi connectivity index (χ3v) is 3.54. The lowest BCUT2D eigenvalue weighted by molar-refractivity contribution is -0.124. The van der Waals surface area contributed by atoms with E-state index in [1.807, 2.05) is 0 Å². The fourth-order valence-corrected chi connectivity index (χ4v) is 2.22. The lowest BCUT2D eigenvalue weighted by atomic mass is 10.1. The minimum Gasteiger partial charge on any atom is -0.352 e. The van der Waals surface area contributed by atoms with Crippen molar-refractivity contribution in [3.8, 4) is 0 Å². The van der Waals surface area contributed by atoms with Crippen molar-refractivity contribution in [3.63, 3.8) is 0 Å². The molecule has 1 amide bonds. The second kappa shape index (κ2) is 2.71. The zero-order valence-electron chi connectivity index (χ0n) is 7.75. The summed E-state index contributed by atoms with van der Waals surface area (Å²) >= 11 is 0. The van der Waals surface area contributed by atoms with Crippen LogP contribution in [0.15, 0.2) is 0 Å². The van der Waals surface area contributed by atoms with Crippen LogP contribution < -0.4 is 10.6 Å². The monoisotopic (exact) mass is 180 g/mol. The van der Waals surface area contributed by atoms with E-state index < -0.39 is 0 Å². The van der Waals surface area contributed by atoms with Crippen LogP contribution in [0.5, 0.6) is 0 Å². The smallest absolute Gasteiger partial charge is 0.237 e. The second-order valence-corrected chi connectivity index (χ2v) is 4.65. The van der Waals surface area contributed by atoms with E-state index >= 15 is 0 Å². The van der Waals surface area contributed by atoms with Crippen LogP contribution in [0.25, 0.3) is 0 Å².